The van der Waals surface area contributed by atoms with Gasteiger partial charge >= 0.3 is 12.0 Å². The third kappa shape index (κ3) is 4.11. The minimum atomic E-state index is -0.840. The highest BCUT2D eigenvalue weighted by atomic mass is 35.5. The molecule has 5 nitrogen and oxygen atoms in total. The highest BCUT2D eigenvalue weighted by Crippen LogP contribution is 2.29. The number of urea groups is 1. The van der Waals surface area contributed by atoms with Gasteiger partial charge in [0.05, 0.1) is 9.75 Å². The van der Waals surface area contributed by atoms with Crippen molar-refractivity contribution in [3.63, 3.8) is 0 Å². The Kier molecular flexibility index (Phi) is 5.11. The van der Waals surface area contributed by atoms with Gasteiger partial charge in [-0.25, -0.2) is 4.79 Å². The molecule has 2 N–H and O–H groups in total. The molecule has 1 atom stereocenters. The van der Waals surface area contributed by atoms with Crippen LogP contribution in [0.15, 0.2) is 12.1 Å². The molecular formula is C14H19ClN2O3S. The molecule has 116 valence electrons. The summed E-state index contributed by atoms with van der Waals surface area (Å²) in [6, 6.07) is 3.60. The van der Waals surface area contributed by atoms with Crippen LogP contribution < -0.4 is 5.32 Å². The highest BCUT2D eigenvalue weighted by molar-refractivity contribution is 7.16. The number of carboxylic acid groups (broad SMARTS) is 1. The number of carboxylic acids is 1. The molecule has 1 saturated heterocycles. The lowest BCUT2D eigenvalue weighted by atomic mass is 9.82. The summed E-state index contributed by atoms with van der Waals surface area (Å²) in [6.07, 6.45) is 2.06. The lowest BCUT2D eigenvalue weighted by Gasteiger charge is -2.37. The van der Waals surface area contributed by atoms with Crippen molar-refractivity contribution in [2.75, 3.05) is 19.6 Å². The van der Waals surface area contributed by atoms with Gasteiger partial charge in [0.25, 0.3) is 0 Å². The monoisotopic (exact) mass is 330 g/mol. The summed E-state index contributed by atoms with van der Waals surface area (Å²) < 4.78 is 0.740. The molecule has 0 radical (unpaired) electrons. The van der Waals surface area contributed by atoms with E-state index in [1.54, 1.807) is 11.8 Å². The molecule has 0 saturated carbocycles. The maximum atomic E-state index is 12.1. The second-order valence-corrected chi connectivity index (χ2v) is 7.38. The first-order valence-corrected chi connectivity index (χ1v) is 8.10. The Morgan fingerprint density at radius 1 is 1.52 bits per heavy atom. The molecular weight excluding hydrogens is 312 g/mol. The second kappa shape index (κ2) is 6.66. The summed E-state index contributed by atoms with van der Waals surface area (Å²) in [6.45, 7) is 3.09. The minimum absolute atomic E-state index is 0.190. The van der Waals surface area contributed by atoms with Gasteiger partial charge in [-0.05, 0) is 38.3 Å². The maximum Gasteiger partial charge on any atom is 0.317 e. The number of amides is 2. The van der Waals surface area contributed by atoms with Crippen molar-refractivity contribution in [1.82, 2.24) is 10.2 Å². The molecule has 21 heavy (non-hydrogen) atoms. The number of piperidine rings is 1. The van der Waals surface area contributed by atoms with E-state index in [-0.39, 0.29) is 12.6 Å². The average molecular weight is 331 g/mol. The zero-order valence-corrected chi connectivity index (χ0v) is 13.5. The van der Waals surface area contributed by atoms with Crippen LogP contribution in [0.4, 0.5) is 4.79 Å². The van der Waals surface area contributed by atoms with Crippen LogP contribution in [-0.2, 0) is 11.2 Å². The molecule has 1 fully saturated rings. The summed E-state index contributed by atoms with van der Waals surface area (Å²) in [4.78, 5) is 26.1. The number of likely N-dealkylation sites (tertiary alicyclic amines) is 1. The van der Waals surface area contributed by atoms with Gasteiger partial charge in [-0.15, -0.1) is 11.3 Å². The zero-order valence-electron chi connectivity index (χ0n) is 11.9. The molecule has 2 amide bonds. The Morgan fingerprint density at radius 2 is 2.29 bits per heavy atom. The SMILES string of the molecule is CC1(C(=O)O)CCCN(C(=O)NCCc2ccc(Cl)s2)C1. The smallest absolute Gasteiger partial charge is 0.317 e. The predicted molar refractivity (Wildman–Crippen MR) is 83.0 cm³/mol. The van der Waals surface area contributed by atoms with Crippen LogP contribution in [0.2, 0.25) is 4.34 Å². The standard InChI is InChI=1S/C14H19ClN2O3S/c1-14(12(18)19)6-2-8-17(9-14)13(20)16-7-5-10-3-4-11(15)21-10/h3-4H,2,5-9H2,1H3,(H,16,20)(H,18,19). The van der Waals surface area contributed by atoms with E-state index in [9.17, 15) is 14.7 Å². The number of halogens is 1. The molecule has 1 aliphatic rings. The number of aliphatic carboxylic acids is 1. The lowest BCUT2D eigenvalue weighted by molar-refractivity contribution is -0.150. The summed E-state index contributed by atoms with van der Waals surface area (Å²) in [7, 11) is 0. The molecule has 1 aromatic heterocycles. The van der Waals surface area contributed by atoms with Crippen LogP contribution in [0.25, 0.3) is 0 Å². The number of thiophene rings is 1. The molecule has 0 aliphatic carbocycles. The van der Waals surface area contributed by atoms with Crippen LogP contribution >= 0.6 is 22.9 Å². The Balaban J connectivity index is 1.81. The summed E-state index contributed by atoms with van der Waals surface area (Å²) in [5, 5.41) is 12.1. The Bertz CT molecular complexity index is 534. The number of nitrogens with one attached hydrogen (secondary N) is 1. The minimum Gasteiger partial charge on any atom is -0.481 e. The number of hydrogen-bond acceptors (Lipinski definition) is 3. The zero-order chi connectivity index (χ0) is 15.5. The average Bonchev–Trinajstić information content (AvgIpc) is 2.84. The van der Waals surface area contributed by atoms with Gasteiger partial charge in [0.1, 0.15) is 0 Å². The molecule has 0 aromatic carbocycles. The Hall–Kier alpha value is -1.27. The van der Waals surface area contributed by atoms with Crippen molar-refractivity contribution in [3.8, 4) is 0 Å². The van der Waals surface area contributed by atoms with Gasteiger partial charge < -0.3 is 15.3 Å². The van der Waals surface area contributed by atoms with Crippen LogP contribution in [0, 0.1) is 5.41 Å². The van der Waals surface area contributed by atoms with E-state index in [4.69, 9.17) is 11.6 Å². The van der Waals surface area contributed by atoms with Crippen molar-refractivity contribution >= 4 is 34.9 Å². The molecule has 7 heteroatoms. The summed E-state index contributed by atoms with van der Waals surface area (Å²) >= 11 is 7.35. The highest BCUT2D eigenvalue weighted by Gasteiger charge is 2.39. The topological polar surface area (TPSA) is 69.6 Å². The van der Waals surface area contributed by atoms with E-state index in [0.29, 0.717) is 19.5 Å². The normalized spacial score (nSPS) is 22.1. The lowest BCUT2D eigenvalue weighted by Crippen LogP contribution is -2.51. The van der Waals surface area contributed by atoms with Gasteiger partial charge in [0.2, 0.25) is 0 Å². The van der Waals surface area contributed by atoms with Crippen molar-refractivity contribution in [2.24, 2.45) is 5.41 Å². The van der Waals surface area contributed by atoms with Crippen LogP contribution in [0.5, 0.6) is 0 Å². The third-order valence-electron chi connectivity index (χ3n) is 3.78. The van der Waals surface area contributed by atoms with E-state index in [0.717, 1.165) is 22.1 Å². The molecule has 0 spiro atoms. The Morgan fingerprint density at radius 3 is 2.90 bits per heavy atom. The predicted octanol–water partition coefficient (Wildman–Crippen LogP) is 2.84. The molecule has 1 unspecified atom stereocenters. The first-order valence-electron chi connectivity index (χ1n) is 6.91. The van der Waals surface area contributed by atoms with Gasteiger partial charge in [-0.1, -0.05) is 11.6 Å². The van der Waals surface area contributed by atoms with E-state index < -0.39 is 11.4 Å². The van der Waals surface area contributed by atoms with Crippen molar-refractivity contribution in [2.45, 2.75) is 26.2 Å². The van der Waals surface area contributed by atoms with E-state index in [2.05, 4.69) is 5.32 Å². The number of hydrogen-bond donors (Lipinski definition) is 2. The fraction of sp³-hybridized carbons (Fsp3) is 0.571. The van der Waals surface area contributed by atoms with Crippen molar-refractivity contribution < 1.29 is 14.7 Å². The number of rotatable bonds is 4. The largest absolute Gasteiger partial charge is 0.481 e. The first-order chi connectivity index (χ1) is 9.90. The summed E-state index contributed by atoms with van der Waals surface area (Å²) in [5.41, 5.74) is -0.836. The molecule has 1 aliphatic heterocycles. The number of nitrogens with zero attached hydrogens (tertiary/aromatic N) is 1. The maximum absolute atomic E-state index is 12.1. The third-order valence-corrected chi connectivity index (χ3v) is 5.07. The summed E-state index contributed by atoms with van der Waals surface area (Å²) in [5.74, 6) is -0.840. The van der Waals surface area contributed by atoms with Gasteiger partial charge in [-0.3, -0.25) is 4.79 Å². The molecule has 2 rings (SSSR count). The molecule has 2 heterocycles. The van der Waals surface area contributed by atoms with Gasteiger partial charge in [0, 0.05) is 24.5 Å². The quantitative estimate of drug-likeness (QED) is 0.891. The van der Waals surface area contributed by atoms with Gasteiger partial charge in [0.15, 0.2) is 0 Å². The van der Waals surface area contributed by atoms with E-state index in [1.165, 1.54) is 11.3 Å². The van der Waals surface area contributed by atoms with Crippen molar-refractivity contribution in [1.29, 1.82) is 0 Å². The van der Waals surface area contributed by atoms with Gasteiger partial charge in [-0.2, -0.15) is 0 Å². The van der Waals surface area contributed by atoms with E-state index >= 15 is 0 Å². The fourth-order valence-electron chi connectivity index (χ4n) is 2.48. The van der Waals surface area contributed by atoms with Crippen LogP contribution in [-0.4, -0.2) is 41.6 Å². The number of carbonyl (C=O) groups excluding carboxylic acids is 1. The number of carbonyl (C=O) groups is 2. The second-order valence-electron chi connectivity index (χ2n) is 5.58. The molecule has 1 aromatic rings. The van der Waals surface area contributed by atoms with Crippen molar-refractivity contribution in [3.05, 3.63) is 21.3 Å². The first kappa shape index (κ1) is 16.1. The fourth-order valence-corrected chi connectivity index (χ4v) is 3.56. The van der Waals surface area contributed by atoms with E-state index in [1.807, 2.05) is 12.1 Å². The van der Waals surface area contributed by atoms with Crippen LogP contribution in [0.3, 0.4) is 0 Å². The van der Waals surface area contributed by atoms with Crippen LogP contribution in [0.1, 0.15) is 24.6 Å². The Labute approximate surface area is 132 Å². The molecule has 0 bridgehead atoms.